The molecular weight excluding hydrogens is 179 g/mol. The summed E-state index contributed by atoms with van der Waals surface area (Å²) < 4.78 is 13.8. The lowest BCUT2D eigenvalue weighted by Crippen LogP contribution is -2.47. The summed E-state index contributed by atoms with van der Waals surface area (Å²) in [4.78, 5) is 11.8. The van der Waals surface area contributed by atoms with Gasteiger partial charge in [0.05, 0.1) is 0 Å². The number of hydrogen-bond donors (Lipinski definition) is 0. The van der Waals surface area contributed by atoms with Gasteiger partial charge in [-0.3, -0.25) is 4.79 Å². The van der Waals surface area contributed by atoms with Crippen molar-refractivity contribution in [2.75, 3.05) is 0 Å². The van der Waals surface area contributed by atoms with E-state index in [4.69, 9.17) is 0 Å². The zero-order valence-corrected chi connectivity index (χ0v) is 8.79. The van der Waals surface area contributed by atoms with E-state index in [1.807, 2.05) is 13.8 Å². The molecule has 0 N–H and O–H groups in total. The summed E-state index contributed by atoms with van der Waals surface area (Å²) in [5.41, 5.74) is -0.382. The van der Waals surface area contributed by atoms with Gasteiger partial charge in [-0.25, -0.2) is 4.39 Å². The maximum atomic E-state index is 13.8. The first kappa shape index (κ1) is 8.87. The zero-order valence-electron chi connectivity index (χ0n) is 8.79. The summed E-state index contributed by atoms with van der Waals surface area (Å²) in [7, 11) is 0. The van der Waals surface area contributed by atoms with Crippen molar-refractivity contribution in [3.8, 4) is 0 Å². The lowest BCUT2D eigenvalue weighted by atomic mass is 9.54. The Bertz CT molecular complexity index is 297. The fraction of sp³-hybridized carbons (Fsp3) is 0.917. The maximum absolute atomic E-state index is 13.8. The zero-order chi connectivity index (χ0) is 10.1. The Morgan fingerprint density at radius 1 is 1.29 bits per heavy atom. The van der Waals surface area contributed by atoms with Crippen LogP contribution in [0.1, 0.15) is 33.1 Å². The molecule has 2 heteroatoms. The van der Waals surface area contributed by atoms with Gasteiger partial charge in [0.1, 0.15) is 0 Å². The van der Waals surface area contributed by atoms with Crippen molar-refractivity contribution in [1.29, 1.82) is 0 Å². The van der Waals surface area contributed by atoms with E-state index < -0.39 is 6.17 Å². The third-order valence-corrected chi connectivity index (χ3v) is 5.02. The van der Waals surface area contributed by atoms with E-state index in [0.717, 1.165) is 0 Å². The largest absolute Gasteiger partial charge is 0.296 e. The van der Waals surface area contributed by atoms with E-state index >= 15 is 0 Å². The Hall–Kier alpha value is -0.400. The number of carbonyl (C=O) groups is 1. The first-order valence-corrected chi connectivity index (χ1v) is 5.73. The summed E-state index contributed by atoms with van der Waals surface area (Å²) in [5, 5.41) is 0. The number of rotatable bonds is 0. The molecule has 0 heterocycles. The van der Waals surface area contributed by atoms with E-state index in [-0.39, 0.29) is 17.1 Å². The summed E-state index contributed by atoms with van der Waals surface area (Å²) in [6.07, 6.45) is 2.46. The normalized spacial score (nSPS) is 53.9. The molecule has 0 spiro atoms. The van der Waals surface area contributed by atoms with Gasteiger partial charge in [0.15, 0.2) is 12.0 Å². The van der Waals surface area contributed by atoms with Crippen molar-refractivity contribution in [2.24, 2.45) is 29.1 Å². The molecule has 3 aliphatic rings. The summed E-state index contributed by atoms with van der Waals surface area (Å²) in [5.74, 6) is 1.58. The molecule has 0 saturated heterocycles. The molecule has 0 aliphatic heterocycles. The van der Waals surface area contributed by atoms with Crippen molar-refractivity contribution in [2.45, 2.75) is 39.3 Å². The number of fused-ring (bicyclic) bond motifs is 4. The number of carbonyl (C=O) groups excluding carboxylic acids is 1. The predicted octanol–water partition coefficient (Wildman–Crippen LogP) is 2.60. The van der Waals surface area contributed by atoms with E-state index in [1.54, 1.807) is 0 Å². The Morgan fingerprint density at radius 3 is 2.64 bits per heavy atom. The van der Waals surface area contributed by atoms with Crippen molar-refractivity contribution in [3.05, 3.63) is 0 Å². The first-order valence-electron chi connectivity index (χ1n) is 5.73. The van der Waals surface area contributed by atoms with Crippen molar-refractivity contribution in [1.82, 2.24) is 0 Å². The highest BCUT2D eigenvalue weighted by Crippen LogP contribution is 2.66. The molecule has 0 radical (unpaired) electrons. The van der Waals surface area contributed by atoms with Gasteiger partial charge in [0.25, 0.3) is 0 Å². The first-order chi connectivity index (χ1) is 6.55. The van der Waals surface area contributed by atoms with Gasteiger partial charge in [0, 0.05) is 11.3 Å². The molecule has 78 valence electrons. The van der Waals surface area contributed by atoms with E-state index in [9.17, 15) is 9.18 Å². The van der Waals surface area contributed by atoms with Crippen LogP contribution in [0.4, 0.5) is 4.39 Å². The van der Waals surface area contributed by atoms with Gasteiger partial charge >= 0.3 is 0 Å². The van der Waals surface area contributed by atoms with Gasteiger partial charge in [-0.1, -0.05) is 20.3 Å². The van der Waals surface area contributed by atoms with Gasteiger partial charge in [-0.2, -0.15) is 0 Å². The molecule has 3 rings (SSSR count). The molecule has 0 aromatic rings. The van der Waals surface area contributed by atoms with E-state index in [2.05, 4.69) is 0 Å². The third kappa shape index (κ3) is 0.753. The number of halogens is 1. The van der Waals surface area contributed by atoms with Crippen molar-refractivity contribution < 1.29 is 9.18 Å². The van der Waals surface area contributed by atoms with Crippen LogP contribution < -0.4 is 0 Å². The van der Waals surface area contributed by atoms with Crippen molar-refractivity contribution >= 4 is 5.78 Å². The van der Waals surface area contributed by atoms with Crippen LogP contribution in [0.5, 0.6) is 0 Å². The highest BCUT2D eigenvalue weighted by Gasteiger charge is 2.68. The lowest BCUT2D eigenvalue weighted by molar-refractivity contribution is -0.131. The Labute approximate surface area is 84.1 Å². The summed E-state index contributed by atoms with van der Waals surface area (Å²) in [6.45, 7) is 3.88. The van der Waals surface area contributed by atoms with Gasteiger partial charge < -0.3 is 0 Å². The van der Waals surface area contributed by atoms with Gasteiger partial charge in [-0.15, -0.1) is 0 Å². The molecule has 0 aromatic heterocycles. The second kappa shape index (κ2) is 2.40. The molecule has 0 bridgehead atoms. The van der Waals surface area contributed by atoms with Crippen LogP contribution in [0, 0.1) is 29.1 Å². The molecule has 0 amide bonds. The van der Waals surface area contributed by atoms with E-state index in [0.29, 0.717) is 17.8 Å². The third-order valence-electron chi connectivity index (χ3n) is 5.02. The quantitative estimate of drug-likeness (QED) is 0.582. The molecule has 14 heavy (non-hydrogen) atoms. The molecule has 3 aliphatic carbocycles. The van der Waals surface area contributed by atoms with Crippen molar-refractivity contribution in [3.63, 3.8) is 0 Å². The highest BCUT2D eigenvalue weighted by atomic mass is 19.1. The number of ketones is 1. The standard InChI is InChI=1S/C12H17FO/c1-12(2)9-7-5-3-4-6(7)8(9)10(14)11(12)13/h6-9,11H,3-5H2,1-2H3. The van der Waals surface area contributed by atoms with Crippen LogP contribution in [0.15, 0.2) is 0 Å². The van der Waals surface area contributed by atoms with E-state index in [1.165, 1.54) is 19.3 Å². The minimum absolute atomic E-state index is 0.0804. The molecule has 0 aromatic carbocycles. The average molecular weight is 196 g/mol. The maximum Gasteiger partial charge on any atom is 0.171 e. The monoisotopic (exact) mass is 196 g/mol. The molecular formula is C12H17FO. The second-order valence-electron chi connectivity index (χ2n) is 5.90. The lowest BCUT2D eigenvalue weighted by Gasteiger charge is -2.49. The number of alkyl halides is 1. The minimum Gasteiger partial charge on any atom is -0.296 e. The molecule has 5 unspecified atom stereocenters. The highest BCUT2D eigenvalue weighted by molar-refractivity contribution is 5.90. The topological polar surface area (TPSA) is 17.1 Å². The van der Waals surface area contributed by atoms with Crippen LogP contribution >= 0.6 is 0 Å². The summed E-state index contributed by atoms with van der Waals surface area (Å²) >= 11 is 0. The Balaban J connectivity index is 1.98. The van der Waals surface area contributed by atoms with Crippen LogP contribution in [0.3, 0.4) is 0 Å². The molecule has 1 nitrogen and oxygen atoms in total. The number of hydrogen-bond acceptors (Lipinski definition) is 1. The fourth-order valence-electron chi connectivity index (χ4n) is 4.40. The Morgan fingerprint density at radius 2 is 1.93 bits per heavy atom. The minimum atomic E-state index is -1.19. The summed E-state index contributed by atoms with van der Waals surface area (Å²) in [6, 6.07) is 0. The Kier molecular flexibility index (Phi) is 1.52. The molecule has 3 fully saturated rings. The SMILES string of the molecule is CC1(C)C(F)C(=O)C2C3CCCC3C21. The second-order valence-corrected chi connectivity index (χ2v) is 5.90. The predicted molar refractivity (Wildman–Crippen MR) is 51.5 cm³/mol. The smallest absolute Gasteiger partial charge is 0.171 e. The van der Waals surface area contributed by atoms with Gasteiger partial charge in [-0.05, 0) is 30.6 Å². The van der Waals surface area contributed by atoms with Gasteiger partial charge in [0.2, 0.25) is 0 Å². The average Bonchev–Trinajstić information content (AvgIpc) is 2.51. The van der Waals surface area contributed by atoms with Crippen LogP contribution in [-0.4, -0.2) is 12.0 Å². The fourth-order valence-corrected chi connectivity index (χ4v) is 4.40. The molecule has 3 saturated carbocycles. The van der Waals surface area contributed by atoms with Crippen LogP contribution in [0.2, 0.25) is 0 Å². The molecule has 5 atom stereocenters. The van der Waals surface area contributed by atoms with Crippen LogP contribution in [0.25, 0.3) is 0 Å². The van der Waals surface area contributed by atoms with Crippen LogP contribution in [-0.2, 0) is 4.79 Å². The number of Topliss-reactive ketones (excluding diaryl/α,β-unsaturated/α-hetero) is 1.